The third kappa shape index (κ3) is 4.66. The molecular formula is C21H21N3O2. The van der Waals surface area contributed by atoms with E-state index in [2.05, 4.69) is 15.5 Å². The van der Waals surface area contributed by atoms with Crippen LogP contribution in [0.3, 0.4) is 0 Å². The standard InChI is InChI=1S/C21H21N3O2/c1-15(2)19-12-13-20(24-23-19)21(25)22-17-8-10-18(11-9-17)26-14-16-6-4-3-5-7-16/h3-13,15H,14H2,1-2H3,(H,22,25). The molecule has 0 saturated carbocycles. The normalized spacial score (nSPS) is 10.6. The number of ether oxygens (including phenoxy) is 1. The van der Waals surface area contributed by atoms with Crippen molar-refractivity contribution in [3.05, 3.63) is 83.7 Å². The van der Waals surface area contributed by atoms with Gasteiger partial charge in [-0.25, -0.2) is 0 Å². The molecule has 2 aromatic carbocycles. The number of carbonyl (C=O) groups is 1. The Morgan fingerprint density at radius 3 is 2.31 bits per heavy atom. The van der Waals surface area contributed by atoms with E-state index in [1.807, 2.05) is 62.4 Å². The summed E-state index contributed by atoms with van der Waals surface area (Å²) in [5.41, 5.74) is 2.94. The van der Waals surface area contributed by atoms with Crippen LogP contribution in [0.2, 0.25) is 0 Å². The average molecular weight is 347 g/mol. The second kappa shape index (κ2) is 8.25. The summed E-state index contributed by atoms with van der Waals surface area (Å²) in [6, 6.07) is 20.7. The fourth-order valence-corrected chi connectivity index (χ4v) is 2.34. The molecule has 0 saturated heterocycles. The van der Waals surface area contributed by atoms with Crippen LogP contribution in [0.4, 0.5) is 5.69 Å². The zero-order valence-electron chi connectivity index (χ0n) is 14.8. The molecule has 26 heavy (non-hydrogen) atoms. The fraction of sp³-hybridized carbons (Fsp3) is 0.190. The van der Waals surface area contributed by atoms with E-state index in [4.69, 9.17) is 4.74 Å². The van der Waals surface area contributed by atoms with E-state index in [0.717, 1.165) is 17.0 Å². The number of aromatic nitrogens is 2. The van der Waals surface area contributed by atoms with Gasteiger partial charge in [-0.2, -0.15) is 5.10 Å². The SMILES string of the molecule is CC(C)c1ccc(C(=O)Nc2ccc(OCc3ccccc3)cc2)nn1. The lowest BCUT2D eigenvalue weighted by atomic mass is 10.1. The van der Waals surface area contributed by atoms with Crippen molar-refractivity contribution < 1.29 is 9.53 Å². The lowest BCUT2D eigenvalue weighted by molar-refractivity contribution is 0.102. The summed E-state index contributed by atoms with van der Waals surface area (Å²) in [7, 11) is 0. The van der Waals surface area contributed by atoms with Crippen LogP contribution in [-0.4, -0.2) is 16.1 Å². The molecule has 0 aliphatic carbocycles. The number of carbonyl (C=O) groups excluding carboxylic acids is 1. The van der Waals surface area contributed by atoms with Gasteiger partial charge in [-0.1, -0.05) is 44.2 Å². The van der Waals surface area contributed by atoms with Gasteiger partial charge in [-0.3, -0.25) is 4.79 Å². The zero-order chi connectivity index (χ0) is 18.4. The van der Waals surface area contributed by atoms with Gasteiger partial charge >= 0.3 is 0 Å². The number of anilines is 1. The number of amides is 1. The fourth-order valence-electron chi connectivity index (χ4n) is 2.34. The van der Waals surface area contributed by atoms with Crippen molar-refractivity contribution in [2.45, 2.75) is 26.4 Å². The van der Waals surface area contributed by atoms with Crippen LogP contribution in [-0.2, 0) is 6.61 Å². The maximum absolute atomic E-state index is 12.2. The summed E-state index contributed by atoms with van der Waals surface area (Å²) in [6.45, 7) is 4.57. The first-order valence-corrected chi connectivity index (χ1v) is 8.53. The predicted molar refractivity (Wildman–Crippen MR) is 101 cm³/mol. The molecule has 1 amide bonds. The molecule has 0 spiro atoms. The predicted octanol–water partition coefficient (Wildman–Crippen LogP) is 4.43. The van der Waals surface area contributed by atoms with Gasteiger partial charge in [0.1, 0.15) is 12.4 Å². The van der Waals surface area contributed by atoms with Crippen molar-refractivity contribution in [2.75, 3.05) is 5.32 Å². The van der Waals surface area contributed by atoms with Crippen LogP contribution in [0.15, 0.2) is 66.7 Å². The van der Waals surface area contributed by atoms with Crippen molar-refractivity contribution in [1.82, 2.24) is 10.2 Å². The highest BCUT2D eigenvalue weighted by atomic mass is 16.5. The second-order valence-electron chi connectivity index (χ2n) is 6.25. The highest BCUT2D eigenvalue weighted by Gasteiger charge is 2.10. The summed E-state index contributed by atoms with van der Waals surface area (Å²) in [4.78, 5) is 12.2. The molecule has 132 valence electrons. The Morgan fingerprint density at radius 1 is 0.962 bits per heavy atom. The van der Waals surface area contributed by atoms with Gasteiger partial charge in [0.2, 0.25) is 0 Å². The molecule has 0 unspecified atom stereocenters. The van der Waals surface area contributed by atoms with Gasteiger partial charge in [0.15, 0.2) is 5.69 Å². The first kappa shape index (κ1) is 17.6. The molecule has 3 rings (SSSR count). The van der Waals surface area contributed by atoms with Crippen molar-refractivity contribution in [1.29, 1.82) is 0 Å². The van der Waals surface area contributed by atoms with Crippen LogP contribution in [0, 0.1) is 0 Å². The minimum absolute atomic E-state index is 0.281. The molecule has 0 aliphatic rings. The maximum atomic E-state index is 12.2. The van der Waals surface area contributed by atoms with E-state index in [-0.39, 0.29) is 11.8 Å². The summed E-state index contributed by atoms with van der Waals surface area (Å²) >= 11 is 0. The number of nitrogens with one attached hydrogen (secondary N) is 1. The summed E-state index contributed by atoms with van der Waals surface area (Å²) < 4.78 is 5.74. The third-order valence-electron chi connectivity index (χ3n) is 3.87. The van der Waals surface area contributed by atoms with Crippen LogP contribution >= 0.6 is 0 Å². The molecule has 5 heteroatoms. The topological polar surface area (TPSA) is 64.1 Å². The Labute approximate surface area is 153 Å². The Morgan fingerprint density at radius 2 is 1.69 bits per heavy atom. The van der Waals surface area contributed by atoms with E-state index < -0.39 is 0 Å². The largest absolute Gasteiger partial charge is 0.489 e. The summed E-state index contributed by atoms with van der Waals surface area (Å²) in [5, 5.41) is 10.9. The van der Waals surface area contributed by atoms with Gasteiger partial charge in [-0.05, 0) is 47.9 Å². The minimum atomic E-state index is -0.286. The van der Waals surface area contributed by atoms with Crippen molar-refractivity contribution in [3.63, 3.8) is 0 Å². The Kier molecular flexibility index (Phi) is 5.59. The van der Waals surface area contributed by atoms with Gasteiger partial charge in [0.25, 0.3) is 5.91 Å². The summed E-state index contributed by atoms with van der Waals surface area (Å²) in [6.07, 6.45) is 0. The Hall–Kier alpha value is -3.21. The molecule has 1 heterocycles. The van der Waals surface area contributed by atoms with Crippen LogP contribution < -0.4 is 10.1 Å². The highest BCUT2D eigenvalue weighted by Crippen LogP contribution is 2.18. The molecule has 0 atom stereocenters. The first-order chi connectivity index (χ1) is 12.6. The number of rotatable bonds is 6. The van der Waals surface area contributed by atoms with E-state index in [1.54, 1.807) is 18.2 Å². The number of hydrogen-bond donors (Lipinski definition) is 1. The number of benzene rings is 2. The second-order valence-corrected chi connectivity index (χ2v) is 6.25. The van der Waals surface area contributed by atoms with E-state index >= 15 is 0 Å². The molecule has 5 nitrogen and oxygen atoms in total. The molecule has 0 radical (unpaired) electrons. The molecule has 0 aliphatic heterocycles. The van der Waals surface area contributed by atoms with E-state index in [9.17, 15) is 4.79 Å². The van der Waals surface area contributed by atoms with Crippen LogP contribution in [0.5, 0.6) is 5.75 Å². The number of hydrogen-bond acceptors (Lipinski definition) is 4. The molecule has 1 N–H and O–H groups in total. The maximum Gasteiger partial charge on any atom is 0.276 e. The monoisotopic (exact) mass is 347 g/mol. The Bertz CT molecular complexity index is 845. The minimum Gasteiger partial charge on any atom is -0.489 e. The van der Waals surface area contributed by atoms with Crippen molar-refractivity contribution in [3.8, 4) is 5.75 Å². The molecular weight excluding hydrogens is 326 g/mol. The molecule has 0 fully saturated rings. The lowest BCUT2D eigenvalue weighted by Crippen LogP contribution is -2.14. The third-order valence-corrected chi connectivity index (χ3v) is 3.87. The summed E-state index contributed by atoms with van der Waals surface area (Å²) in [5.74, 6) is 0.738. The van der Waals surface area contributed by atoms with Crippen molar-refractivity contribution >= 4 is 11.6 Å². The van der Waals surface area contributed by atoms with E-state index in [1.165, 1.54) is 0 Å². The van der Waals surface area contributed by atoms with Gasteiger partial charge < -0.3 is 10.1 Å². The number of nitrogens with zero attached hydrogens (tertiary/aromatic N) is 2. The quantitative estimate of drug-likeness (QED) is 0.716. The van der Waals surface area contributed by atoms with Gasteiger partial charge in [0, 0.05) is 5.69 Å². The molecule has 1 aromatic heterocycles. The van der Waals surface area contributed by atoms with Gasteiger partial charge in [-0.15, -0.1) is 5.10 Å². The van der Waals surface area contributed by atoms with Crippen molar-refractivity contribution in [2.24, 2.45) is 0 Å². The molecule has 0 bridgehead atoms. The lowest BCUT2D eigenvalue weighted by Gasteiger charge is -2.09. The highest BCUT2D eigenvalue weighted by molar-refractivity contribution is 6.02. The zero-order valence-corrected chi connectivity index (χ0v) is 14.8. The Balaban J connectivity index is 1.57. The molecule has 3 aromatic rings. The van der Waals surface area contributed by atoms with Gasteiger partial charge in [0.05, 0.1) is 5.69 Å². The smallest absolute Gasteiger partial charge is 0.276 e. The van der Waals surface area contributed by atoms with E-state index in [0.29, 0.717) is 18.0 Å². The first-order valence-electron chi connectivity index (χ1n) is 8.53. The van der Waals surface area contributed by atoms with Crippen LogP contribution in [0.1, 0.15) is 41.5 Å². The average Bonchev–Trinajstić information content (AvgIpc) is 2.68. The van der Waals surface area contributed by atoms with Crippen LogP contribution in [0.25, 0.3) is 0 Å².